The number of hydrogen-bond acceptors (Lipinski definition) is 8. The zero-order valence-electron chi connectivity index (χ0n) is 36.3. The van der Waals surface area contributed by atoms with Crippen LogP contribution in [0.3, 0.4) is 0 Å². The standard InChI is InChI=1S/C46H65N5O7S/c1-43(2,3)56-40(53)49-37(30-23-32-51(42(55)58-45(7,8)9)39(47)50-41(54)57-44(4,5)6)38(52)48-31-21-10-11-22-33-59-46(34-24-15-12-16-25-34,35-26-17-13-18-27-35)36-28-19-14-20-29-36/h12-20,24-29,37H,10-11,21-23,30-33H2,1-9H3,(H,48,52)(H,49,53)(H2,47,50,54). The summed E-state index contributed by atoms with van der Waals surface area (Å²) in [6.45, 7) is 15.7. The molecule has 0 spiro atoms. The van der Waals surface area contributed by atoms with Gasteiger partial charge >= 0.3 is 18.3 Å². The Morgan fingerprint density at radius 3 is 1.61 bits per heavy atom. The van der Waals surface area contributed by atoms with Crippen LogP contribution in [0.1, 0.15) is 118 Å². The molecule has 0 aliphatic heterocycles. The van der Waals surface area contributed by atoms with Gasteiger partial charge in [0.15, 0.2) is 0 Å². The lowest BCUT2D eigenvalue weighted by atomic mass is 9.84. The molecule has 0 aliphatic carbocycles. The van der Waals surface area contributed by atoms with E-state index in [0.29, 0.717) is 6.54 Å². The number of thioether (sulfide) groups is 1. The van der Waals surface area contributed by atoms with Gasteiger partial charge in [-0.15, -0.1) is 16.8 Å². The van der Waals surface area contributed by atoms with Gasteiger partial charge in [-0.1, -0.05) is 104 Å². The van der Waals surface area contributed by atoms with Gasteiger partial charge in [0, 0.05) is 13.1 Å². The maximum absolute atomic E-state index is 13.5. The van der Waals surface area contributed by atoms with Crippen LogP contribution in [-0.4, -0.2) is 76.7 Å². The number of amides is 4. The van der Waals surface area contributed by atoms with E-state index in [1.54, 1.807) is 62.3 Å². The molecule has 3 aromatic rings. The summed E-state index contributed by atoms with van der Waals surface area (Å²) >= 11 is 1.94. The number of aliphatic imine (C=N–C) groups is 1. The lowest BCUT2D eigenvalue weighted by Crippen LogP contribution is -2.49. The number of carbonyl (C=O) groups excluding carboxylic acids is 4. The molecule has 3 rings (SSSR count). The topological polar surface area (TPSA) is 162 Å². The summed E-state index contributed by atoms with van der Waals surface area (Å²) in [6.07, 6.45) is 1.39. The van der Waals surface area contributed by atoms with Gasteiger partial charge in [-0.25, -0.2) is 19.3 Å². The summed E-state index contributed by atoms with van der Waals surface area (Å²) in [5.74, 6) is 0.128. The van der Waals surface area contributed by atoms with Crippen molar-refractivity contribution in [1.29, 1.82) is 0 Å². The molecule has 0 aromatic heterocycles. The van der Waals surface area contributed by atoms with Gasteiger partial charge in [0.1, 0.15) is 22.8 Å². The van der Waals surface area contributed by atoms with Crippen LogP contribution in [0.4, 0.5) is 14.4 Å². The molecule has 1 atom stereocenters. The van der Waals surface area contributed by atoms with Crippen molar-refractivity contribution in [2.75, 3.05) is 18.8 Å². The van der Waals surface area contributed by atoms with Gasteiger partial charge < -0.3 is 30.6 Å². The van der Waals surface area contributed by atoms with Crippen molar-refractivity contribution in [1.82, 2.24) is 15.5 Å². The summed E-state index contributed by atoms with van der Waals surface area (Å²) in [7, 11) is 0. The Kier molecular flexibility index (Phi) is 18.3. The maximum atomic E-state index is 13.5. The Labute approximate surface area is 355 Å². The number of guanidine groups is 1. The summed E-state index contributed by atoms with van der Waals surface area (Å²) in [6, 6.07) is 30.9. The van der Waals surface area contributed by atoms with Crippen LogP contribution >= 0.6 is 11.8 Å². The van der Waals surface area contributed by atoms with Crippen molar-refractivity contribution in [2.24, 2.45) is 10.7 Å². The molecule has 12 nitrogen and oxygen atoms in total. The van der Waals surface area contributed by atoms with Crippen molar-refractivity contribution in [3.05, 3.63) is 108 Å². The quantitative estimate of drug-likeness (QED) is 0.0396. The molecule has 0 aliphatic rings. The number of unbranched alkanes of at least 4 members (excludes halogenated alkanes) is 3. The summed E-state index contributed by atoms with van der Waals surface area (Å²) in [5, 5.41) is 5.64. The fourth-order valence-electron chi connectivity index (χ4n) is 6.14. The normalized spacial score (nSPS) is 12.9. The molecule has 3 aromatic carbocycles. The molecule has 1 unspecified atom stereocenters. The van der Waals surface area contributed by atoms with Gasteiger partial charge in [0.2, 0.25) is 11.9 Å². The highest BCUT2D eigenvalue weighted by Crippen LogP contribution is 2.48. The molecular formula is C46H65N5O7S. The van der Waals surface area contributed by atoms with Crippen molar-refractivity contribution in [3.8, 4) is 0 Å². The SMILES string of the molecule is CC(C)(C)OC(=O)N=C(N)N(CCCC(NC(=O)OC(C)(C)C)C(=O)NCCCCCCSC(c1ccccc1)(c1ccccc1)c1ccccc1)C(=O)OC(C)(C)C. The van der Waals surface area contributed by atoms with Crippen LogP contribution in [0.2, 0.25) is 0 Å². The fourth-order valence-corrected chi connectivity index (χ4v) is 7.70. The molecule has 0 radical (unpaired) electrons. The van der Waals surface area contributed by atoms with Gasteiger partial charge in [-0.2, -0.15) is 0 Å². The van der Waals surface area contributed by atoms with E-state index in [-0.39, 0.29) is 30.0 Å². The summed E-state index contributed by atoms with van der Waals surface area (Å²) in [4.78, 5) is 56.6. The predicted molar refractivity (Wildman–Crippen MR) is 236 cm³/mol. The molecule has 0 bridgehead atoms. The summed E-state index contributed by atoms with van der Waals surface area (Å²) < 4.78 is 15.8. The third-order valence-electron chi connectivity index (χ3n) is 8.60. The van der Waals surface area contributed by atoms with Crippen LogP contribution in [-0.2, 0) is 23.8 Å². The zero-order chi connectivity index (χ0) is 43.7. The first kappa shape index (κ1) is 48.3. The molecule has 59 heavy (non-hydrogen) atoms. The Morgan fingerprint density at radius 2 is 1.14 bits per heavy atom. The van der Waals surface area contributed by atoms with E-state index in [1.165, 1.54) is 16.7 Å². The Hall–Kier alpha value is -5.04. The maximum Gasteiger partial charge on any atom is 0.437 e. The van der Waals surface area contributed by atoms with E-state index in [9.17, 15) is 19.2 Å². The van der Waals surface area contributed by atoms with Crippen LogP contribution in [0.25, 0.3) is 0 Å². The zero-order valence-corrected chi connectivity index (χ0v) is 37.2. The minimum atomic E-state index is -0.979. The van der Waals surface area contributed by atoms with Crippen molar-refractivity contribution in [3.63, 3.8) is 0 Å². The van der Waals surface area contributed by atoms with Gasteiger partial charge in [-0.3, -0.25) is 4.79 Å². The van der Waals surface area contributed by atoms with Crippen LogP contribution in [0.5, 0.6) is 0 Å². The van der Waals surface area contributed by atoms with E-state index in [0.717, 1.165) is 36.3 Å². The summed E-state index contributed by atoms with van der Waals surface area (Å²) in [5.41, 5.74) is 7.33. The second-order valence-electron chi connectivity index (χ2n) is 17.3. The minimum absolute atomic E-state index is 0.0645. The number of ether oxygens (including phenoxy) is 3. The molecule has 4 amide bonds. The fraction of sp³-hybridized carbons (Fsp3) is 0.500. The lowest BCUT2D eigenvalue weighted by molar-refractivity contribution is -0.123. The number of rotatable bonds is 17. The third-order valence-corrected chi connectivity index (χ3v) is 10.2. The first-order chi connectivity index (χ1) is 27.7. The number of hydrogen-bond donors (Lipinski definition) is 3. The van der Waals surface area contributed by atoms with Gasteiger partial charge in [0.05, 0.1) is 4.75 Å². The molecule has 13 heteroatoms. The number of nitrogens with two attached hydrogens (primary N) is 1. The van der Waals surface area contributed by atoms with E-state index in [4.69, 9.17) is 19.9 Å². The van der Waals surface area contributed by atoms with Crippen molar-refractivity contribution < 1.29 is 33.4 Å². The first-order valence-corrected chi connectivity index (χ1v) is 21.3. The highest BCUT2D eigenvalue weighted by atomic mass is 32.2. The van der Waals surface area contributed by atoms with Crippen molar-refractivity contribution >= 4 is 41.9 Å². The third kappa shape index (κ3) is 17.0. The molecular weight excluding hydrogens is 767 g/mol. The van der Waals surface area contributed by atoms with Gasteiger partial charge in [0.25, 0.3) is 0 Å². The molecule has 0 fully saturated rings. The first-order valence-electron chi connectivity index (χ1n) is 20.4. The molecule has 322 valence electrons. The van der Waals surface area contributed by atoms with E-state index in [1.807, 2.05) is 30.0 Å². The van der Waals surface area contributed by atoms with E-state index >= 15 is 0 Å². The second-order valence-corrected chi connectivity index (χ2v) is 18.6. The highest BCUT2D eigenvalue weighted by molar-refractivity contribution is 8.00. The van der Waals surface area contributed by atoms with Gasteiger partial charge in [-0.05, 0) is 110 Å². The predicted octanol–water partition coefficient (Wildman–Crippen LogP) is 9.55. The monoisotopic (exact) mass is 831 g/mol. The minimum Gasteiger partial charge on any atom is -0.444 e. The van der Waals surface area contributed by atoms with Crippen LogP contribution in [0, 0.1) is 0 Å². The Balaban J connectivity index is 1.62. The van der Waals surface area contributed by atoms with Crippen LogP contribution < -0.4 is 16.4 Å². The molecule has 4 N–H and O–H groups in total. The number of nitrogens with zero attached hydrogens (tertiary/aromatic N) is 2. The number of benzene rings is 3. The molecule has 0 saturated carbocycles. The smallest absolute Gasteiger partial charge is 0.437 e. The molecule has 0 heterocycles. The van der Waals surface area contributed by atoms with Crippen molar-refractivity contribution in [2.45, 2.75) is 128 Å². The number of carbonyl (C=O) groups is 4. The number of nitrogens with one attached hydrogen (secondary N) is 2. The molecule has 0 saturated heterocycles. The average Bonchev–Trinajstić information content (AvgIpc) is 3.14. The lowest BCUT2D eigenvalue weighted by Gasteiger charge is -2.35. The average molecular weight is 832 g/mol. The Bertz CT molecular complexity index is 1710. The van der Waals surface area contributed by atoms with E-state index < -0.39 is 47.1 Å². The highest BCUT2D eigenvalue weighted by Gasteiger charge is 2.36. The second kappa shape index (κ2) is 22.4. The number of alkyl carbamates (subject to hydrolysis) is 1. The Morgan fingerprint density at radius 1 is 0.661 bits per heavy atom. The van der Waals surface area contributed by atoms with Crippen LogP contribution in [0.15, 0.2) is 96.0 Å². The van der Waals surface area contributed by atoms with E-state index in [2.05, 4.69) is 88.4 Å². The largest absolute Gasteiger partial charge is 0.444 e.